The zero-order valence-corrected chi connectivity index (χ0v) is 60.6. The van der Waals surface area contributed by atoms with Crippen LogP contribution in [-0.2, 0) is 0 Å². The van der Waals surface area contributed by atoms with Gasteiger partial charge in [-0.2, -0.15) is 0 Å². The molecule has 24 aromatic rings. The number of para-hydroxylation sites is 4. The first-order valence-corrected chi connectivity index (χ1v) is 38.3. The van der Waals surface area contributed by atoms with Crippen LogP contribution in [0, 0.1) is 0 Å². The molecule has 0 aliphatic heterocycles. The van der Waals surface area contributed by atoms with Crippen molar-refractivity contribution in [3.8, 4) is 89.0 Å². The minimum absolute atomic E-state index is 0.892. The summed E-state index contributed by atoms with van der Waals surface area (Å²) in [5.41, 5.74) is 26.3. The molecule has 0 N–H and O–H groups in total. The van der Waals surface area contributed by atoms with Gasteiger partial charge in [-0.1, -0.05) is 315 Å². The third-order valence-electron chi connectivity index (χ3n) is 23.4. The molecule has 112 heavy (non-hydrogen) atoms. The topological polar surface area (TPSA) is 52.6 Å². The van der Waals surface area contributed by atoms with E-state index in [1.807, 2.05) is 36.4 Å². The molecule has 0 unspecified atom stereocenters. The Balaban J connectivity index is 0.000000134. The Kier molecular flexibility index (Phi) is 14.3. The van der Waals surface area contributed by atoms with Gasteiger partial charge >= 0.3 is 0 Å². The molecule has 0 fully saturated rings. The molecule has 0 aliphatic rings. The van der Waals surface area contributed by atoms with Gasteiger partial charge < -0.3 is 17.7 Å². The molecule has 0 radical (unpaired) electrons. The van der Waals surface area contributed by atoms with E-state index < -0.39 is 0 Å². The first kappa shape index (κ1) is 63.3. The van der Waals surface area contributed by atoms with Crippen LogP contribution in [0.15, 0.2) is 406 Å². The lowest BCUT2D eigenvalue weighted by Gasteiger charge is -2.19. The first-order valence-electron chi connectivity index (χ1n) is 38.3. The molecular weight excluding hydrogens is 1360 g/mol. The molecule has 20 aromatic carbocycles. The van der Waals surface area contributed by atoms with Gasteiger partial charge in [0.2, 0.25) is 0 Å². The van der Waals surface area contributed by atoms with Crippen molar-refractivity contribution in [2.45, 2.75) is 0 Å². The molecule has 0 saturated heterocycles. The Morgan fingerprint density at radius 1 is 0.116 bits per heavy atom. The normalized spacial score (nSPS) is 11.9. The third-order valence-corrected chi connectivity index (χ3v) is 23.4. The van der Waals surface area contributed by atoms with Crippen LogP contribution in [0.3, 0.4) is 0 Å². The van der Waals surface area contributed by atoms with Crippen LogP contribution in [0.2, 0.25) is 0 Å². The van der Waals surface area contributed by atoms with E-state index in [1.54, 1.807) is 0 Å². The van der Waals surface area contributed by atoms with E-state index in [0.717, 1.165) is 110 Å². The fraction of sp³-hybridized carbons (Fsp3) is 0. The van der Waals surface area contributed by atoms with Gasteiger partial charge in [0.1, 0.15) is 44.7 Å². The van der Waals surface area contributed by atoms with E-state index in [1.165, 1.54) is 131 Å². The fourth-order valence-electron chi connectivity index (χ4n) is 18.5. The Labute approximate surface area is 643 Å². The van der Waals surface area contributed by atoms with Crippen molar-refractivity contribution in [1.29, 1.82) is 0 Å². The molecule has 0 amide bonds. The van der Waals surface area contributed by atoms with Gasteiger partial charge in [-0.25, -0.2) is 0 Å². The zero-order valence-electron chi connectivity index (χ0n) is 60.6. The number of hydrogen-bond donors (Lipinski definition) is 0. The van der Waals surface area contributed by atoms with Gasteiger partial charge in [-0.3, -0.25) is 0 Å². The lowest BCUT2D eigenvalue weighted by molar-refractivity contribution is 0.668. The molecule has 520 valence electrons. The molecule has 0 atom stereocenters. The average molecular weight is 1430 g/mol. The number of furan rings is 4. The quantitative estimate of drug-likeness (QED) is 0.142. The van der Waals surface area contributed by atoms with E-state index in [4.69, 9.17) is 17.7 Å². The standard InChI is InChI=1S/2C54H32O2/c1-2-14-33(15-3-1)34-18-8-20-36-35(34)19-9-23-39(36)52-42-24-10-21-37(40-26-12-30-50-53(40)44-16-4-6-28-48(44)55-50)46(42)32-47-38(22-11-25-43(47)52)41-27-13-31-51-54(41)45-17-5-7-29-49(45)56-51;1-2-12-33(13-3-1)36-16-8-20-40-39(36)19-11-21-43(40)54-44-22-9-17-37(34-26-28-52-48(30-34)41-14-4-6-24-50(41)55-52)46(44)32-47-38(18-10-23-45(47)54)35-27-29-53-49(31-35)42-15-5-7-25-51(42)56-53/h2*1-32H. The zero-order chi connectivity index (χ0) is 73.5. The molecule has 4 aromatic heterocycles. The molecule has 4 heterocycles. The lowest BCUT2D eigenvalue weighted by atomic mass is 9.83. The highest BCUT2D eigenvalue weighted by molar-refractivity contribution is 6.27. The van der Waals surface area contributed by atoms with Crippen molar-refractivity contribution in [2.24, 2.45) is 0 Å². The summed E-state index contributed by atoms with van der Waals surface area (Å²) in [6.45, 7) is 0. The summed E-state index contributed by atoms with van der Waals surface area (Å²) in [5, 5.41) is 23.6. The molecule has 4 heteroatoms. The summed E-state index contributed by atoms with van der Waals surface area (Å²) >= 11 is 0. The van der Waals surface area contributed by atoms with Crippen LogP contribution in [0.1, 0.15) is 0 Å². The molecular formula is C108H64O4. The van der Waals surface area contributed by atoms with Gasteiger partial charge in [0.15, 0.2) is 0 Å². The smallest absolute Gasteiger partial charge is 0.136 e. The first-order chi connectivity index (χ1) is 55.6. The van der Waals surface area contributed by atoms with Crippen LogP contribution in [0.4, 0.5) is 0 Å². The maximum absolute atomic E-state index is 6.42. The highest BCUT2D eigenvalue weighted by Gasteiger charge is 2.25. The van der Waals surface area contributed by atoms with Gasteiger partial charge in [-0.05, 0) is 226 Å². The van der Waals surface area contributed by atoms with Crippen molar-refractivity contribution in [3.05, 3.63) is 388 Å². The summed E-state index contributed by atoms with van der Waals surface area (Å²) in [5.74, 6) is 0. The summed E-state index contributed by atoms with van der Waals surface area (Å²) < 4.78 is 25.4. The number of fused-ring (bicyclic) bond motifs is 18. The van der Waals surface area contributed by atoms with E-state index in [2.05, 4.69) is 352 Å². The third kappa shape index (κ3) is 9.95. The van der Waals surface area contributed by atoms with Crippen LogP contribution < -0.4 is 0 Å². The maximum Gasteiger partial charge on any atom is 0.136 e. The monoisotopic (exact) mass is 1420 g/mol. The average Bonchev–Trinajstić information content (AvgIpc) is 1.17. The molecule has 24 rings (SSSR count). The number of hydrogen-bond acceptors (Lipinski definition) is 4. The van der Waals surface area contributed by atoms with Crippen molar-refractivity contribution in [1.82, 2.24) is 0 Å². The second-order valence-corrected chi connectivity index (χ2v) is 29.4. The summed E-state index contributed by atoms with van der Waals surface area (Å²) in [6.07, 6.45) is 0. The van der Waals surface area contributed by atoms with Gasteiger partial charge in [-0.15, -0.1) is 0 Å². The second-order valence-electron chi connectivity index (χ2n) is 29.4. The lowest BCUT2D eigenvalue weighted by Crippen LogP contribution is -1.92. The predicted molar refractivity (Wildman–Crippen MR) is 471 cm³/mol. The van der Waals surface area contributed by atoms with Crippen molar-refractivity contribution in [3.63, 3.8) is 0 Å². The van der Waals surface area contributed by atoms with E-state index >= 15 is 0 Å². The minimum atomic E-state index is 0.892. The van der Waals surface area contributed by atoms with Gasteiger partial charge in [0.25, 0.3) is 0 Å². The van der Waals surface area contributed by atoms with E-state index in [0.29, 0.717) is 0 Å². The highest BCUT2D eigenvalue weighted by atomic mass is 16.3. The van der Waals surface area contributed by atoms with Gasteiger partial charge in [0.05, 0.1) is 0 Å². The van der Waals surface area contributed by atoms with Crippen molar-refractivity contribution >= 4 is 152 Å². The molecule has 0 bridgehead atoms. The van der Waals surface area contributed by atoms with Crippen LogP contribution in [0.25, 0.3) is 241 Å². The van der Waals surface area contributed by atoms with E-state index in [-0.39, 0.29) is 0 Å². The molecule has 0 aliphatic carbocycles. The van der Waals surface area contributed by atoms with Gasteiger partial charge in [0, 0.05) is 43.1 Å². The number of rotatable bonds is 8. The summed E-state index contributed by atoms with van der Waals surface area (Å²) in [6, 6.07) is 140. The number of benzene rings is 20. The minimum Gasteiger partial charge on any atom is -0.456 e. The van der Waals surface area contributed by atoms with E-state index in [9.17, 15) is 0 Å². The van der Waals surface area contributed by atoms with Crippen LogP contribution >= 0.6 is 0 Å². The Hall–Kier alpha value is -14.8. The molecule has 4 nitrogen and oxygen atoms in total. The molecule has 0 saturated carbocycles. The Morgan fingerprint density at radius 3 is 0.759 bits per heavy atom. The fourth-order valence-corrected chi connectivity index (χ4v) is 18.5. The predicted octanol–water partition coefficient (Wildman–Crippen LogP) is 31.2. The Bertz CT molecular complexity index is 7660. The summed E-state index contributed by atoms with van der Waals surface area (Å²) in [4.78, 5) is 0. The van der Waals surface area contributed by atoms with Crippen LogP contribution in [-0.4, -0.2) is 0 Å². The van der Waals surface area contributed by atoms with Crippen LogP contribution in [0.5, 0.6) is 0 Å². The largest absolute Gasteiger partial charge is 0.456 e. The SMILES string of the molecule is c1ccc(-c2cccc3c(-c4c5cccc(-c6ccc7oc8ccccc8c7c6)c5cc5c(-c6ccc7oc8ccccc8c7c6)cccc45)cccc23)cc1.c1ccc(-c2cccc3c(-c4c5cccc(-c6cccc7oc8ccccc8c67)c5cc5c(-c6cccc7oc8ccccc8c67)cccc45)cccc23)cc1. The van der Waals surface area contributed by atoms with Crippen molar-refractivity contribution < 1.29 is 17.7 Å². The molecule has 0 spiro atoms. The second kappa shape index (κ2) is 25.4. The van der Waals surface area contributed by atoms with Crippen molar-refractivity contribution in [2.75, 3.05) is 0 Å². The summed E-state index contributed by atoms with van der Waals surface area (Å²) in [7, 11) is 0. The highest BCUT2D eigenvalue weighted by Crippen LogP contribution is 2.51. The maximum atomic E-state index is 6.42. The Morgan fingerprint density at radius 2 is 0.366 bits per heavy atom.